The smallest absolute Gasteiger partial charge is 0.331 e. The zero-order chi connectivity index (χ0) is 29.5. The van der Waals surface area contributed by atoms with E-state index in [1.807, 2.05) is 95.3 Å². The van der Waals surface area contributed by atoms with Gasteiger partial charge in [0.25, 0.3) is 0 Å². The van der Waals surface area contributed by atoms with Crippen molar-refractivity contribution in [3.63, 3.8) is 0 Å². The maximum absolute atomic E-state index is 14.2. The molecular weight excluding hydrogens is 488 g/mol. The molecule has 0 aliphatic carbocycles. The van der Waals surface area contributed by atoms with E-state index in [1.54, 1.807) is 18.0 Å². The summed E-state index contributed by atoms with van der Waals surface area (Å²) in [5.41, 5.74) is 1.18. The van der Waals surface area contributed by atoms with Gasteiger partial charge in [-0.25, -0.2) is 4.79 Å². The van der Waals surface area contributed by atoms with Gasteiger partial charge >= 0.3 is 5.97 Å². The van der Waals surface area contributed by atoms with Crippen LogP contribution in [0.25, 0.3) is 0 Å². The Kier molecular flexibility index (Phi) is 10.7. The normalized spacial score (nSPS) is 14.9. The monoisotopic (exact) mass is 534 g/mol. The maximum atomic E-state index is 14.2. The van der Waals surface area contributed by atoms with Crippen LogP contribution in [0.3, 0.4) is 0 Å². The third kappa shape index (κ3) is 8.29. The number of nitrogens with zero attached hydrogens (tertiary/aromatic N) is 1. The van der Waals surface area contributed by atoms with E-state index in [0.717, 1.165) is 11.1 Å². The highest BCUT2D eigenvalue weighted by Gasteiger charge is 2.42. The number of hydrogen-bond donors (Lipinski definition) is 2. The van der Waals surface area contributed by atoms with E-state index >= 15 is 0 Å². The molecule has 3 atom stereocenters. The molecule has 0 fully saturated rings. The first-order valence-electron chi connectivity index (χ1n) is 13.7. The molecule has 1 unspecified atom stereocenters. The number of rotatable bonds is 11. The van der Waals surface area contributed by atoms with Gasteiger partial charge in [-0.3, -0.25) is 9.59 Å². The number of carboxylic acid groups (broad SMARTS) is 1. The summed E-state index contributed by atoms with van der Waals surface area (Å²) in [6.07, 6.45) is 2.13. The lowest BCUT2D eigenvalue weighted by molar-refractivity contribution is -0.141. The number of carbonyl (C=O) groups excluding carboxylic acids is 2. The second kappa shape index (κ2) is 13.1. The zero-order valence-electron chi connectivity index (χ0n) is 25.0. The van der Waals surface area contributed by atoms with Crippen LogP contribution in [0, 0.1) is 17.3 Å². The third-order valence-electron chi connectivity index (χ3n) is 7.62. The van der Waals surface area contributed by atoms with E-state index in [2.05, 4.69) is 19.2 Å². The highest BCUT2D eigenvalue weighted by molar-refractivity contribution is 5.90. The highest BCUT2D eigenvalue weighted by Crippen LogP contribution is 2.35. The van der Waals surface area contributed by atoms with Crippen LogP contribution in [0.2, 0.25) is 0 Å². The Morgan fingerprint density at radius 3 is 1.90 bits per heavy atom. The predicted octanol–water partition coefficient (Wildman–Crippen LogP) is 5.87. The van der Waals surface area contributed by atoms with Crippen molar-refractivity contribution in [1.29, 1.82) is 0 Å². The lowest BCUT2D eigenvalue weighted by Crippen LogP contribution is -2.58. The summed E-state index contributed by atoms with van der Waals surface area (Å²) in [5, 5.41) is 12.6. The molecule has 6 nitrogen and oxygen atoms in total. The van der Waals surface area contributed by atoms with Crippen LogP contribution in [0.1, 0.15) is 66.5 Å². The Hall–Kier alpha value is -3.41. The van der Waals surface area contributed by atoms with Crippen molar-refractivity contribution in [3.05, 3.63) is 83.4 Å². The Bertz CT molecular complexity index is 1150. The molecule has 2 rings (SSSR count). The van der Waals surface area contributed by atoms with Crippen molar-refractivity contribution in [1.82, 2.24) is 10.2 Å². The Labute approximate surface area is 234 Å². The molecule has 0 aliphatic heterocycles. The van der Waals surface area contributed by atoms with E-state index in [0.29, 0.717) is 6.42 Å². The van der Waals surface area contributed by atoms with Gasteiger partial charge in [0.15, 0.2) is 0 Å². The number of carboxylic acids is 1. The van der Waals surface area contributed by atoms with Gasteiger partial charge in [-0.05, 0) is 35.8 Å². The molecule has 2 N–H and O–H groups in total. The fourth-order valence-corrected chi connectivity index (χ4v) is 4.92. The Morgan fingerprint density at radius 1 is 0.923 bits per heavy atom. The molecule has 0 bridgehead atoms. The minimum absolute atomic E-state index is 0.0209. The number of nitrogens with one attached hydrogen (secondary N) is 1. The van der Waals surface area contributed by atoms with E-state index in [1.165, 1.54) is 6.92 Å². The van der Waals surface area contributed by atoms with E-state index < -0.39 is 34.8 Å². The largest absolute Gasteiger partial charge is 0.478 e. The quantitative estimate of drug-likeness (QED) is 0.353. The molecule has 2 aromatic carbocycles. The van der Waals surface area contributed by atoms with Crippen molar-refractivity contribution in [2.75, 3.05) is 7.05 Å². The Morgan fingerprint density at radius 2 is 1.44 bits per heavy atom. The summed E-state index contributed by atoms with van der Waals surface area (Å²) in [7, 11) is 1.68. The minimum Gasteiger partial charge on any atom is -0.478 e. The highest BCUT2D eigenvalue weighted by atomic mass is 16.4. The lowest BCUT2D eigenvalue weighted by Gasteiger charge is -2.40. The van der Waals surface area contributed by atoms with Crippen LogP contribution in [0.5, 0.6) is 0 Å². The van der Waals surface area contributed by atoms with Crippen molar-refractivity contribution in [2.45, 2.75) is 79.3 Å². The molecule has 2 amide bonds. The lowest BCUT2D eigenvalue weighted by atomic mass is 9.70. The standard InChI is InChI=1S/C33H46N2O4/c1-22(2)27(20-23(3)31(38)39)35(9)30(37)28(32(4,5)6)34-29(36)26(21-24-16-12-10-13-17-24)33(7,8)25-18-14-11-15-19-25/h10-20,22,26-28H,21H2,1-9H3,(H,34,36)(H,38,39)/t26?,27-,28-/m1/s1. The second-order valence-electron chi connectivity index (χ2n) is 12.5. The average molecular weight is 535 g/mol. The molecule has 0 saturated heterocycles. The van der Waals surface area contributed by atoms with E-state index in [-0.39, 0.29) is 23.3 Å². The predicted molar refractivity (Wildman–Crippen MR) is 157 cm³/mol. The molecule has 0 heterocycles. The molecule has 0 spiro atoms. The van der Waals surface area contributed by atoms with Crippen molar-refractivity contribution >= 4 is 17.8 Å². The first-order chi connectivity index (χ1) is 18.1. The molecule has 0 aliphatic rings. The van der Waals surface area contributed by atoms with Gasteiger partial charge in [-0.1, -0.05) is 115 Å². The number of aliphatic carboxylic acids is 1. The number of hydrogen-bond acceptors (Lipinski definition) is 3. The number of likely N-dealkylation sites (N-methyl/N-ethyl adjacent to an activating group) is 1. The van der Waals surface area contributed by atoms with Gasteiger partial charge in [0.1, 0.15) is 6.04 Å². The summed E-state index contributed by atoms with van der Waals surface area (Å²) < 4.78 is 0. The van der Waals surface area contributed by atoms with Crippen LogP contribution in [-0.2, 0) is 26.2 Å². The summed E-state index contributed by atoms with van der Waals surface area (Å²) >= 11 is 0. The molecule has 39 heavy (non-hydrogen) atoms. The van der Waals surface area contributed by atoms with Crippen LogP contribution in [0.15, 0.2) is 72.3 Å². The van der Waals surface area contributed by atoms with Gasteiger partial charge in [0.2, 0.25) is 11.8 Å². The fraction of sp³-hybridized carbons (Fsp3) is 0.485. The van der Waals surface area contributed by atoms with Crippen molar-refractivity contribution in [2.24, 2.45) is 17.3 Å². The Balaban J connectivity index is 2.47. The molecule has 6 heteroatoms. The first kappa shape index (κ1) is 31.8. The van der Waals surface area contributed by atoms with Crippen molar-refractivity contribution in [3.8, 4) is 0 Å². The fourth-order valence-electron chi connectivity index (χ4n) is 4.92. The van der Waals surface area contributed by atoms with Crippen LogP contribution in [0.4, 0.5) is 0 Å². The van der Waals surface area contributed by atoms with E-state index in [4.69, 9.17) is 0 Å². The maximum Gasteiger partial charge on any atom is 0.331 e. The molecule has 0 aromatic heterocycles. The van der Waals surface area contributed by atoms with Crippen LogP contribution < -0.4 is 5.32 Å². The SMILES string of the molecule is CC(=C[C@H](C(C)C)N(C)C(=O)[C@@H](NC(=O)C(Cc1ccccc1)C(C)(C)c1ccccc1)C(C)(C)C)C(=O)O. The number of amides is 2. The van der Waals surface area contributed by atoms with Crippen LogP contribution in [-0.4, -0.2) is 46.9 Å². The van der Waals surface area contributed by atoms with Gasteiger partial charge in [0.05, 0.1) is 12.0 Å². The van der Waals surface area contributed by atoms with Crippen LogP contribution >= 0.6 is 0 Å². The van der Waals surface area contributed by atoms with Gasteiger partial charge in [0, 0.05) is 18.0 Å². The molecule has 2 aromatic rings. The molecular formula is C33H46N2O4. The summed E-state index contributed by atoms with van der Waals surface area (Å²) in [4.78, 5) is 41.2. The minimum atomic E-state index is -1.02. The number of benzene rings is 2. The van der Waals surface area contributed by atoms with E-state index in [9.17, 15) is 19.5 Å². The first-order valence-corrected chi connectivity index (χ1v) is 13.7. The van der Waals surface area contributed by atoms with Gasteiger partial charge in [-0.2, -0.15) is 0 Å². The second-order valence-corrected chi connectivity index (χ2v) is 12.5. The molecule has 0 saturated carbocycles. The topological polar surface area (TPSA) is 86.7 Å². The van der Waals surface area contributed by atoms with Gasteiger partial charge in [-0.15, -0.1) is 0 Å². The van der Waals surface area contributed by atoms with Crippen molar-refractivity contribution < 1.29 is 19.5 Å². The summed E-state index contributed by atoms with van der Waals surface area (Å²) in [5.74, 6) is -1.92. The van der Waals surface area contributed by atoms with Gasteiger partial charge < -0.3 is 15.3 Å². The molecule has 0 radical (unpaired) electrons. The average Bonchev–Trinajstić information content (AvgIpc) is 2.88. The molecule has 212 valence electrons. The third-order valence-corrected chi connectivity index (χ3v) is 7.62. The zero-order valence-corrected chi connectivity index (χ0v) is 25.0. The summed E-state index contributed by atoms with van der Waals surface area (Å²) in [6, 6.07) is 18.7. The number of carbonyl (C=O) groups is 3. The summed E-state index contributed by atoms with van der Waals surface area (Å²) in [6.45, 7) is 15.4.